The summed E-state index contributed by atoms with van der Waals surface area (Å²) in [6.07, 6.45) is 0. The number of nitrogens with one attached hydrogen (secondary N) is 1. The van der Waals surface area contributed by atoms with Gasteiger partial charge in [-0.05, 0) is 17.7 Å². The van der Waals surface area contributed by atoms with Crippen molar-refractivity contribution in [2.75, 3.05) is 19.8 Å². The van der Waals surface area contributed by atoms with Crippen LogP contribution in [0.5, 0.6) is 11.5 Å². The van der Waals surface area contributed by atoms with E-state index in [-0.39, 0.29) is 12.5 Å². The predicted molar refractivity (Wildman–Crippen MR) is 61.1 cm³/mol. The van der Waals surface area contributed by atoms with Crippen LogP contribution < -0.4 is 14.8 Å². The Bertz CT molecular complexity index is 419. The van der Waals surface area contributed by atoms with Gasteiger partial charge in [-0.15, -0.1) is 0 Å². The quantitative estimate of drug-likeness (QED) is 0.809. The number of hydrogen-bond donors (Lipinski definition) is 2. The third-order valence-electron chi connectivity index (χ3n) is 2.53. The maximum absolute atomic E-state index is 11.0. The van der Waals surface area contributed by atoms with Crippen molar-refractivity contribution in [3.8, 4) is 11.5 Å². The van der Waals surface area contributed by atoms with E-state index in [1.807, 2.05) is 6.07 Å². The van der Waals surface area contributed by atoms with Crippen molar-refractivity contribution in [2.24, 2.45) is 0 Å². The van der Waals surface area contributed by atoms with E-state index >= 15 is 0 Å². The van der Waals surface area contributed by atoms with Gasteiger partial charge < -0.3 is 19.9 Å². The van der Waals surface area contributed by atoms with Gasteiger partial charge in [-0.3, -0.25) is 4.79 Å². The Balaban J connectivity index is 2.22. The maximum Gasteiger partial charge on any atom is 0.217 e. The lowest BCUT2D eigenvalue weighted by atomic mass is 10.1. The van der Waals surface area contributed by atoms with E-state index in [0.717, 1.165) is 5.56 Å². The third-order valence-corrected chi connectivity index (χ3v) is 2.53. The van der Waals surface area contributed by atoms with Crippen LogP contribution in [0, 0.1) is 0 Å². The maximum atomic E-state index is 11.0. The molecule has 5 heteroatoms. The van der Waals surface area contributed by atoms with Gasteiger partial charge in [0.1, 0.15) is 13.2 Å². The standard InChI is InChI=1S/C12H15NO4/c1-8(15)13-10(7-14)9-2-3-11-12(6-9)17-5-4-16-11/h2-3,6,10,14H,4-5,7H2,1H3,(H,13,15). The Morgan fingerprint density at radius 1 is 1.41 bits per heavy atom. The molecule has 0 aromatic heterocycles. The summed E-state index contributed by atoms with van der Waals surface area (Å²) in [5.41, 5.74) is 0.798. The van der Waals surface area contributed by atoms with Gasteiger partial charge in [0, 0.05) is 6.92 Å². The van der Waals surface area contributed by atoms with Crippen molar-refractivity contribution in [2.45, 2.75) is 13.0 Å². The highest BCUT2D eigenvalue weighted by molar-refractivity contribution is 5.73. The molecule has 0 fully saturated rings. The third kappa shape index (κ3) is 2.68. The van der Waals surface area contributed by atoms with Gasteiger partial charge >= 0.3 is 0 Å². The predicted octanol–water partition coefficient (Wildman–Crippen LogP) is 0.627. The van der Waals surface area contributed by atoms with Gasteiger partial charge in [0.15, 0.2) is 11.5 Å². The first-order valence-corrected chi connectivity index (χ1v) is 5.48. The van der Waals surface area contributed by atoms with Crippen molar-refractivity contribution in [3.05, 3.63) is 23.8 Å². The molecule has 1 amide bonds. The summed E-state index contributed by atoms with van der Waals surface area (Å²) in [4.78, 5) is 11.0. The van der Waals surface area contributed by atoms with E-state index < -0.39 is 6.04 Å². The smallest absolute Gasteiger partial charge is 0.217 e. The summed E-state index contributed by atoms with van der Waals surface area (Å²) in [6.45, 7) is 2.32. The minimum atomic E-state index is -0.414. The molecule has 0 aliphatic carbocycles. The summed E-state index contributed by atoms with van der Waals surface area (Å²) in [5.74, 6) is 1.16. The first kappa shape index (κ1) is 11.7. The highest BCUT2D eigenvalue weighted by atomic mass is 16.6. The summed E-state index contributed by atoms with van der Waals surface area (Å²) in [5, 5.41) is 11.9. The van der Waals surface area contributed by atoms with Crippen LogP contribution in [-0.4, -0.2) is 30.8 Å². The number of carbonyl (C=O) groups excluding carboxylic acids is 1. The molecule has 1 unspecified atom stereocenters. The molecule has 1 aromatic carbocycles. The number of aliphatic hydroxyl groups is 1. The van der Waals surface area contributed by atoms with Gasteiger partial charge in [0.05, 0.1) is 12.6 Å². The molecular weight excluding hydrogens is 222 g/mol. The average molecular weight is 237 g/mol. The van der Waals surface area contributed by atoms with Crippen molar-refractivity contribution in [3.63, 3.8) is 0 Å². The Morgan fingerprint density at radius 3 is 2.76 bits per heavy atom. The summed E-state index contributed by atoms with van der Waals surface area (Å²) in [7, 11) is 0. The van der Waals surface area contributed by atoms with Crippen molar-refractivity contribution < 1.29 is 19.4 Å². The second kappa shape index (κ2) is 5.05. The number of ether oxygens (including phenoxy) is 2. The zero-order valence-corrected chi connectivity index (χ0v) is 9.60. The second-order valence-electron chi connectivity index (χ2n) is 3.84. The highest BCUT2D eigenvalue weighted by Crippen LogP contribution is 2.32. The second-order valence-corrected chi connectivity index (χ2v) is 3.84. The molecule has 92 valence electrons. The van der Waals surface area contributed by atoms with Gasteiger partial charge in [0.2, 0.25) is 5.91 Å². The Morgan fingerprint density at radius 2 is 2.12 bits per heavy atom. The zero-order chi connectivity index (χ0) is 12.3. The molecule has 2 N–H and O–H groups in total. The monoisotopic (exact) mass is 237 g/mol. The number of fused-ring (bicyclic) bond motifs is 1. The first-order valence-electron chi connectivity index (χ1n) is 5.48. The minimum Gasteiger partial charge on any atom is -0.486 e. The molecular formula is C12H15NO4. The molecule has 5 nitrogen and oxygen atoms in total. The Hall–Kier alpha value is -1.75. The van der Waals surface area contributed by atoms with Crippen LogP contribution in [0.25, 0.3) is 0 Å². The zero-order valence-electron chi connectivity index (χ0n) is 9.60. The number of hydrogen-bond acceptors (Lipinski definition) is 4. The van der Waals surface area contributed by atoms with Gasteiger partial charge in [-0.1, -0.05) is 6.07 Å². The van der Waals surface area contributed by atoms with Crippen LogP contribution in [0.15, 0.2) is 18.2 Å². The number of rotatable bonds is 3. The molecule has 17 heavy (non-hydrogen) atoms. The lowest BCUT2D eigenvalue weighted by molar-refractivity contribution is -0.120. The van der Waals surface area contributed by atoms with E-state index in [2.05, 4.69) is 5.32 Å². The van der Waals surface area contributed by atoms with Gasteiger partial charge in [0.25, 0.3) is 0 Å². The topological polar surface area (TPSA) is 67.8 Å². The lowest BCUT2D eigenvalue weighted by Crippen LogP contribution is -2.28. The van der Waals surface area contributed by atoms with Gasteiger partial charge in [-0.2, -0.15) is 0 Å². The Kier molecular flexibility index (Phi) is 3.49. The van der Waals surface area contributed by atoms with Gasteiger partial charge in [-0.25, -0.2) is 0 Å². The first-order chi connectivity index (χ1) is 8.20. The number of amides is 1. The van der Waals surface area contributed by atoms with Crippen molar-refractivity contribution in [1.29, 1.82) is 0 Å². The molecule has 2 rings (SSSR count). The van der Waals surface area contributed by atoms with Crippen molar-refractivity contribution in [1.82, 2.24) is 5.32 Å². The fraction of sp³-hybridized carbons (Fsp3) is 0.417. The normalized spacial score (nSPS) is 15.2. The Labute approximate surface area is 99.3 Å². The molecule has 1 aromatic rings. The SMILES string of the molecule is CC(=O)NC(CO)c1ccc2c(c1)OCCO2. The molecule has 0 saturated carbocycles. The van der Waals surface area contributed by atoms with E-state index in [4.69, 9.17) is 9.47 Å². The van der Waals surface area contributed by atoms with Crippen LogP contribution in [0.4, 0.5) is 0 Å². The van der Waals surface area contributed by atoms with Crippen LogP contribution in [0.2, 0.25) is 0 Å². The molecule has 1 heterocycles. The number of aliphatic hydroxyl groups excluding tert-OH is 1. The van der Waals surface area contributed by atoms with E-state index in [1.165, 1.54) is 6.92 Å². The number of benzene rings is 1. The summed E-state index contributed by atoms with van der Waals surface area (Å²) in [6, 6.07) is 4.97. The molecule has 1 atom stereocenters. The molecule has 1 aliphatic heterocycles. The van der Waals surface area contributed by atoms with Crippen LogP contribution >= 0.6 is 0 Å². The summed E-state index contributed by atoms with van der Waals surface area (Å²) >= 11 is 0. The molecule has 1 aliphatic rings. The van der Waals surface area contributed by atoms with E-state index in [9.17, 15) is 9.90 Å². The molecule has 0 radical (unpaired) electrons. The van der Waals surface area contributed by atoms with Crippen molar-refractivity contribution >= 4 is 5.91 Å². The molecule has 0 spiro atoms. The lowest BCUT2D eigenvalue weighted by Gasteiger charge is -2.21. The van der Waals surface area contributed by atoms with Crippen LogP contribution in [0.1, 0.15) is 18.5 Å². The minimum absolute atomic E-state index is 0.154. The summed E-state index contributed by atoms with van der Waals surface area (Å²) < 4.78 is 10.8. The number of carbonyl (C=O) groups is 1. The van der Waals surface area contributed by atoms with Crippen LogP contribution in [-0.2, 0) is 4.79 Å². The average Bonchev–Trinajstić information content (AvgIpc) is 2.35. The van der Waals surface area contributed by atoms with E-state index in [1.54, 1.807) is 12.1 Å². The fourth-order valence-corrected chi connectivity index (χ4v) is 1.76. The van der Waals surface area contributed by atoms with Crippen LogP contribution in [0.3, 0.4) is 0 Å². The largest absolute Gasteiger partial charge is 0.486 e. The molecule has 0 saturated heterocycles. The molecule has 0 bridgehead atoms. The fourth-order valence-electron chi connectivity index (χ4n) is 1.76. The highest BCUT2D eigenvalue weighted by Gasteiger charge is 2.16. The van der Waals surface area contributed by atoms with E-state index in [0.29, 0.717) is 24.7 Å².